The van der Waals surface area contributed by atoms with Crippen LogP contribution in [0.4, 0.5) is 4.79 Å². The van der Waals surface area contributed by atoms with E-state index in [2.05, 4.69) is 17.1 Å². The molecule has 5 rings (SSSR count). The summed E-state index contributed by atoms with van der Waals surface area (Å²) >= 11 is 12.5. The summed E-state index contributed by atoms with van der Waals surface area (Å²) < 4.78 is 6.35. The van der Waals surface area contributed by atoms with Gasteiger partial charge in [0.15, 0.2) is 6.04 Å². The quantitative estimate of drug-likeness (QED) is 0.351. The number of benzene rings is 1. The summed E-state index contributed by atoms with van der Waals surface area (Å²) in [6.45, 7) is 7.52. The molecule has 0 unspecified atom stereocenters. The topological polar surface area (TPSA) is 78.0 Å². The van der Waals surface area contributed by atoms with Gasteiger partial charge in [0.05, 0.1) is 11.7 Å². The fourth-order valence-electron chi connectivity index (χ4n) is 6.15. The Labute approximate surface area is 259 Å². The van der Waals surface area contributed by atoms with Crippen LogP contribution >= 0.6 is 23.2 Å². The lowest BCUT2D eigenvalue weighted by atomic mass is 9.91. The number of pyridine rings is 1. The van der Waals surface area contributed by atoms with Crippen molar-refractivity contribution in [1.82, 2.24) is 25.0 Å². The largest absolute Gasteiger partial charge is 0.490 e. The van der Waals surface area contributed by atoms with Crippen molar-refractivity contribution in [2.75, 3.05) is 45.9 Å². The number of piperidine rings is 1. The Morgan fingerprint density at radius 3 is 2.31 bits per heavy atom. The van der Waals surface area contributed by atoms with Gasteiger partial charge in [-0.15, -0.1) is 0 Å². The summed E-state index contributed by atoms with van der Waals surface area (Å²) in [5.74, 6) is 0.850. The van der Waals surface area contributed by atoms with Crippen molar-refractivity contribution in [2.45, 2.75) is 64.2 Å². The first-order valence-electron chi connectivity index (χ1n) is 15.2. The first-order chi connectivity index (χ1) is 20.4. The lowest BCUT2D eigenvalue weighted by Crippen LogP contribution is -2.49. The van der Waals surface area contributed by atoms with Gasteiger partial charge in [-0.2, -0.15) is 0 Å². The van der Waals surface area contributed by atoms with E-state index in [1.165, 1.54) is 18.9 Å². The maximum absolute atomic E-state index is 13.8. The van der Waals surface area contributed by atoms with Crippen molar-refractivity contribution >= 4 is 35.1 Å². The molecule has 3 aliphatic heterocycles. The Morgan fingerprint density at radius 2 is 1.64 bits per heavy atom. The molecule has 8 nitrogen and oxygen atoms in total. The Morgan fingerprint density at radius 1 is 0.952 bits per heavy atom. The van der Waals surface area contributed by atoms with E-state index in [9.17, 15) is 9.59 Å². The number of ether oxygens (including phenoxy) is 1. The minimum Gasteiger partial charge on any atom is -0.490 e. The molecule has 42 heavy (non-hydrogen) atoms. The highest BCUT2D eigenvalue weighted by atomic mass is 35.5. The molecule has 10 heteroatoms. The zero-order chi connectivity index (χ0) is 29.5. The predicted molar refractivity (Wildman–Crippen MR) is 165 cm³/mol. The number of halogens is 2. The van der Waals surface area contributed by atoms with Crippen molar-refractivity contribution < 1.29 is 14.3 Å². The van der Waals surface area contributed by atoms with E-state index in [-0.39, 0.29) is 24.3 Å². The number of carbonyl (C=O) groups excluding carboxylic acids is 2. The van der Waals surface area contributed by atoms with E-state index in [0.29, 0.717) is 48.9 Å². The Balaban J connectivity index is 1.23. The predicted octanol–water partition coefficient (Wildman–Crippen LogP) is 6.09. The summed E-state index contributed by atoms with van der Waals surface area (Å²) in [4.78, 5) is 37.6. The van der Waals surface area contributed by atoms with Gasteiger partial charge in [0.1, 0.15) is 12.4 Å². The van der Waals surface area contributed by atoms with Crippen LogP contribution in [0.1, 0.15) is 69.0 Å². The third kappa shape index (κ3) is 7.69. The molecule has 3 aliphatic rings. The van der Waals surface area contributed by atoms with Crippen LogP contribution in [-0.2, 0) is 11.2 Å². The van der Waals surface area contributed by atoms with Gasteiger partial charge in [-0.1, -0.05) is 36.2 Å². The normalized spacial score (nSPS) is 18.3. The number of rotatable bonds is 10. The third-order valence-electron chi connectivity index (χ3n) is 8.62. The van der Waals surface area contributed by atoms with Crippen molar-refractivity contribution in [3.63, 3.8) is 0 Å². The summed E-state index contributed by atoms with van der Waals surface area (Å²) in [7, 11) is 0. The van der Waals surface area contributed by atoms with Crippen LogP contribution in [0.25, 0.3) is 0 Å². The van der Waals surface area contributed by atoms with Gasteiger partial charge >= 0.3 is 6.03 Å². The molecule has 4 heterocycles. The zero-order valence-electron chi connectivity index (χ0n) is 24.4. The average molecular weight is 615 g/mol. The number of urea groups is 1. The second-order valence-electron chi connectivity index (χ2n) is 11.4. The van der Waals surface area contributed by atoms with E-state index in [0.717, 1.165) is 62.2 Å². The molecule has 0 bridgehead atoms. The smallest absolute Gasteiger partial charge is 0.318 e. The molecule has 3 fully saturated rings. The summed E-state index contributed by atoms with van der Waals surface area (Å²) in [6.07, 6.45) is 8.99. The molecule has 2 aromatic rings. The van der Waals surface area contributed by atoms with Gasteiger partial charge in [-0.05, 0) is 87.9 Å². The molecule has 1 N–H and O–H groups in total. The number of likely N-dealkylation sites (tertiary alicyclic amines) is 3. The molecule has 3 amide bonds. The molecule has 0 spiro atoms. The molecular weight excluding hydrogens is 573 g/mol. The van der Waals surface area contributed by atoms with E-state index >= 15 is 0 Å². The van der Waals surface area contributed by atoms with Gasteiger partial charge in [0.25, 0.3) is 5.91 Å². The van der Waals surface area contributed by atoms with Gasteiger partial charge in [-0.3, -0.25) is 14.7 Å². The number of carbonyl (C=O) groups is 2. The highest BCUT2D eigenvalue weighted by Gasteiger charge is 2.34. The molecule has 1 aromatic carbocycles. The number of nitrogens with zero attached hydrogens (tertiary/aromatic N) is 4. The minimum absolute atomic E-state index is 0.169. The van der Waals surface area contributed by atoms with Crippen LogP contribution in [0.2, 0.25) is 10.0 Å². The van der Waals surface area contributed by atoms with Crippen LogP contribution in [0.5, 0.6) is 5.75 Å². The van der Waals surface area contributed by atoms with Crippen LogP contribution in [-0.4, -0.2) is 77.5 Å². The highest BCUT2D eigenvalue weighted by Crippen LogP contribution is 2.34. The number of hydrogen-bond acceptors (Lipinski definition) is 5. The van der Waals surface area contributed by atoms with Gasteiger partial charge in [0.2, 0.25) is 0 Å². The maximum Gasteiger partial charge on any atom is 0.318 e. The van der Waals surface area contributed by atoms with Crippen molar-refractivity contribution in [3.8, 4) is 5.75 Å². The second kappa shape index (κ2) is 14.8. The fourth-order valence-corrected chi connectivity index (χ4v) is 6.62. The first kappa shape index (κ1) is 30.9. The minimum atomic E-state index is -0.233. The zero-order valence-corrected chi connectivity index (χ0v) is 25.9. The van der Waals surface area contributed by atoms with E-state index in [1.807, 2.05) is 23.2 Å². The van der Waals surface area contributed by atoms with Gasteiger partial charge < -0.3 is 19.9 Å². The third-order valence-corrected chi connectivity index (χ3v) is 9.20. The average Bonchev–Trinajstić information content (AvgIpc) is 3.74. The number of nitrogens with one attached hydrogen (secondary N) is 1. The van der Waals surface area contributed by atoms with Crippen molar-refractivity contribution in [3.05, 3.63) is 69.9 Å². The summed E-state index contributed by atoms with van der Waals surface area (Å²) in [5, 5.41) is 3.93. The number of aromatic nitrogens is 1. The lowest BCUT2D eigenvalue weighted by Gasteiger charge is -2.35. The molecule has 0 aliphatic carbocycles. The standard InChI is InChI=1S/C32H41Cl2N5O3/c1-2-26(37-14-3-4-15-37)22-42-29-8-7-13-35-30(29)23-11-18-38(19-12-23)31(40)28(36-32(41)39-16-5-6-17-39)20-24-9-10-25(33)21-27(24)34/h7-10,13,21,23H,2-6,11-12,14-20,22H2,1H3,(H,36,41). The van der Waals surface area contributed by atoms with E-state index in [1.54, 1.807) is 23.1 Å². The molecule has 1 aromatic heterocycles. The molecular formula is C32H41Cl2N5O3. The number of amides is 3. The molecule has 0 atom stereocenters. The molecule has 226 valence electrons. The van der Waals surface area contributed by atoms with E-state index in [4.69, 9.17) is 32.9 Å². The lowest BCUT2D eigenvalue weighted by molar-refractivity contribution is -0.130. The SMILES string of the molecule is CC[C](COc1cccnc1C1CCN(C(=O)[C](Cc2ccc(Cl)cc2Cl)NC(=O)N2CCCC2)CC1)N1CCCC1. The van der Waals surface area contributed by atoms with Crippen LogP contribution in [0, 0.1) is 12.1 Å². The van der Waals surface area contributed by atoms with Crippen LogP contribution in [0.3, 0.4) is 0 Å². The number of hydrogen-bond donors (Lipinski definition) is 1. The Kier molecular flexibility index (Phi) is 10.9. The molecule has 0 saturated carbocycles. The monoisotopic (exact) mass is 613 g/mol. The van der Waals surface area contributed by atoms with Crippen LogP contribution in [0.15, 0.2) is 36.5 Å². The first-order valence-corrected chi connectivity index (χ1v) is 16.0. The van der Waals surface area contributed by atoms with Crippen molar-refractivity contribution in [1.29, 1.82) is 0 Å². The summed E-state index contributed by atoms with van der Waals surface area (Å²) in [5.41, 5.74) is 1.70. The Bertz CT molecular complexity index is 1210. The molecule has 3 saturated heterocycles. The van der Waals surface area contributed by atoms with E-state index < -0.39 is 0 Å². The second-order valence-corrected chi connectivity index (χ2v) is 12.2. The van der Waals surface area contributed by atoms with Crippen molar-refractivity contribution in [2.24, 2.45) is 0 Å². The Hall–Kier alpha value is -2.55. The van der Waals surface area contributed by atoms with Crippen LogP contribution < -0.4 is 10.1 Å². The van der Waals surface area contributed by atoms with Gasteiger partial charge in [0, 0.05) is 54.8 Å². The highest BCUT2D eigenvalue weighted by molar-refractivity contribution is 6.35. The maximum atomic E-state index is 13.8. The fraction of sp³-hybridized carbons (Fsp3) is 0.531. The molecule has 2 radical (unpaired) electrons. The van der Waals surface area contributed by atoms with Gasteiger partial charge in [-0.25, -0.2) is 4.79 Å². The summed E-state index contributed by atoms with van der Waals surface area (Å²) in [6, 6.07) is 10.6.